The van der Waals surface area contributed by atoms with Gasteiger partial charge in [-0.2, -0.15) is 0 Å². The van der Waals surface area contributed by atoms with E-state index in [1.165, 1.54) is 18.2 Å². The normalized spacial score (nSPS) is 22.1. The molecule has 1 aliphatic rings. The van der Waals surface area contributed by atoms with E-state index in [2.05, 4.69) is 0 Å². The summed E-state index contributed by atoms with van der Waals surface area (Å²) in [5.74, 6) is -0.198. The summed E-state index contributed by atoms with van der Waals surface area (Å²) in [6.45, 7) is 4.08. The van der Waals surface area contributed by atoms with E-state index in [1.54, 1.807) is 11.8 Å². The smallest absolute Gasteiger partial charge is 0.269 e. The van der Waals surface area contributed by atoms with Crippen molar-refractivity contribution in [1.29, 1.82) is 0 Å². The Labute approximate surface area is 122 Å². The highest BCUT2D eigenvalue weighted by molar-refractivity contribution is 5.96. The Morgan fingerprint density at radius 3 is 2.86 bits per heavy atom. The predicted molar refractivity (Wildman–Crippen MR) is 75.2 cm³/mol. The molecule has 7 heteroatoms. The Morgan fingerprint density at radius 1 is 1.57 bits per heavy atom. The first-order chi connectivity index (χ1) is 9.93. The van der Waals surface area contributed by atoms with E-state index in [9.17, 15) is 14.9 Å². The topological polar surface area (TPSA) is 92.9 Å². The van der Waals surface area contributed by atoms with E-state index in [4.69, 9.17) is 9.84 Å². The molecule has 21 heavy (non-hydrogen) atoms. The maximum absolute atomic E-state index is 12.6. The van der Waals surface area contributed by atoms with E-state index in [-0.39, 0.29) is 30.3 Å². The standard InChI is InChI=1S/C14H18N2O5/c1-9-5-11(16(19)20)3-4-13(9)14(18)15-6-12(7-17)21-8-10(15)2/h3-5,10,12,17H,6-8H2,1-2H3. The van der Waals surface area contributed by atoms with Crippen molar-refractivity contribution < 1.29 is 19.6 Å². The molecule has 114 valence electrons. The van der Waals surface area contributed by atoms with Crippen LogP contribution in [0.15, 0.2) is 18.2 Å². The van der Waals surface area contributed by atoms with Crippen LogP contribution in [0, 0.1) is 17.0 Å². The van der Waals surface area contributed by atoms with Crippen LogP contribution in [0.5, 0.6) is 0 Å². The van der Waals surface area contributed by atoms with Gasteiger partial charge in [-0.3, -0.25) is 14.9 Å². The summed E-state index contributed by atoms with van der Waals surface area (Å²) in [5.41, 5.74) is 0.965. The zero-order chi connectivity index (χ0) is 15.6. The summed E-state index contributed by atoms with van der Waals surface area (Å²) in [4.78, 5) is 24.5. The highest BCUT2D eigenvalue weighted by Crippen LogP contribution is 2.21. The van der Waals surface area contributed by atoms with Gasteiger partial charge >= 0.3 is 0 Å². The molecule has 0 aromatic heterocycles. The molecule has 0 radical (unpaired) electrons. The SMILES string of the molecule is Cc1cc([N+](=O)[O-])ccc1C(=O)N1CC(CO)OCC1C. The lowest BCUT2D eigenvalue weighted by Crippen LogP contribution is -2.52. The zero-order valence-electron chi connectivity index (χ0n) is 12.0. The molecule has 2 unspecified atom stereocenters. The van der Waals surface area contributed by atoms with Crippen molar-refractivity contribution >= 4 is 11.6 Å². The molecular formula is C14H18N2O5. The van der Waals surface area contributed by atoms with Crippen LogP contribution in [0.3, 0.4) is 0 Å². The number of nitro groups is 1. The third-order valence-electron chi connectivity index (χ3n) is 3.62. The molecule has 0 bridgehead atoms. The van der Waals surface area contributed by atoms with Crippen LogP contribution in [0.4, 0.5) is 5.69 Å². The lowest BCUT2D eigenvalue weighted by atomic mass is 10.0. The number of carbonyl (C=O) groups is 1. The second-order valence-electron chi connectivity index (χ2n) is 5.20. The number of aliphatic hydroxyl groups excluding tert-OH is 1. The average Bonchev–Trinajstić information content (AvgIpc) is 2.47. The van der Waals surface area contributed by atoms with Gasteiger partial charge in [0.25, 0.3) is 11.6 Å². The number of hydrogen-bond acceptors (Lipinski definition) is 5. The van der Waals surface area contributed by atoms with E-state index in [1.807, 2.05) is 6.92 Å². The van der Waals surface area contributed by atoms with Gasteiger partial charge in [0.1, 0.15) is 0 Å². The van der Waals surface area contributed by atoms with Crippen LogP contribution >= 0.6 is 0 Å². The summed E-state index contributed by atoms with van der Waals surface area (Å²) < 4.78 is 5.40. The molecule has 0 saturated carbocycles. The zero-order valence-corrected chi connectivity index (χ0v) is 12.0. The predicted octanol–water partition coefficient (Wildman–Crippen LogP) is 1.13. The van der Waals surface area contributed by atoms with E-state index in [0.29, 0.717) is 24.3 Å². The van der Waals surface area contributed by atoms with Crippen LogP contribution in [-0.4, -0.2) is 52.7 Å². The van der Waals surface area contributed by atoms with E-state index >= 15 is 0 Å². The van der Waals surface area contributed by atoms with Crippen molar-refractivity contribution in [1.82, 2.24) is 4.90 Å². The van der Waals surface area contributed by atoms with E-state index < -0.39 is 4.92 Å². The number of nitrogens with zero attached hydrogens (tertiary/aromatic N) is 2. The molecule has 1 amide bonds. The van der Waals surface area contributed by atoms with Crippen LogP contribution < -0.4 is 0 Å². The second-order valence-corrected chi connectivity index (χ2v) is 5.20. The summed E-state index contributed by atoms with van der Waals surface area (Å²) in [6, 6.07) is 4.10. The summed E-state index contributed by atoms with van der Waals surface area (Å²) >= 11 is 0. The van der Waals surface area contributed by atoms with Gasteiger partial charge in [0.15, 0.2) is 0 Å². The van der Waals surface area contributed by atoms with Crippen molar-refractivity contribution in [3.05, 3.63) is 39.4 Å². The number of ether oxygens (including phenoxy) is 1. The molecule has 0 aliphatic carbocycles. The Hall–Kier alpha value is -1.99. The molecule has 1 aliphatic heterocycles. The Kier molecular flexibility index (Phi) is 4.54. The Morgan fingerprint density at radius 2 is 2.29 bits per heavy atom. The fourth-order valence-corrected chi connectivity index (χ4v) is 2.37. The third-order valence-corrected chi connectivity index (χ3v) is 3.62. The lowest BCUT2D eigenvalue weighted by molar-refractivity contribution is -0.384. The van der Waals surface area contributed by atoms with Gasteiger partial charge in [-0.05, 0) is 25.5 Å². The Balaban J connectivity index is 2.24. The minimum atomic E-state index is -0.486. The first-order valence-corrected chi connectivity index (χ1v) is 6.72. The van der Waals surface area contributed by atoms with Crippen LogP contribution in [0.25, 0.3) is 0 Å². The van der Waals surface area contributed by atoms with Gasteiger partial charge in [0, 0.05) is 24.2 Å². The van der Waals surface area contributed by atoms with Crippen molar-refractivity contribution in [2.45, 2.75) is 26.0 Å². The molecule has 2 rings (SSSR count). The van der Waals surface area contributed by atoms with Gasteiger partial charge in [-0.25, -0.2) is 0 Å². The molecule has 7 nitrogen and oxygen atoms in total. The molecule has 1 heterocycles. The molecule has 1 saturated heterocycles. The fourth-order valence-electron chi connectivity index (χ4n) is 2.37. The van der Waals surface area contributed by atoms with Crippen molar-refractivity contribution in [3.63, 3.8) is 0 Å². The number of non-ortho nitro benzene ring substituents is 1. The largest absolute Gasteiger partial charge is 0.394 e. The average molecular weight is 294 g/mol. The maximum atomic E-state index is 12.6. The maximum Gasteiger partial charge on any atom is 0.269 e. The number of morpholine rings is 1. The van der Waals surface area contributed by atoms with Crippen molar-refractivity contribution in [2.24, 2.45) is 0 Å². The highest BCUT2D eigenvalue weighted by Gasteiger charge is 2.30. The number of benzene rings is 1. The molecule has 0 spiro atoms. The second kappa shape index (κ2) is 6.19. The van der Waals surface area contributed by atoms with Crippen molar-refractivity contribution in [3.8, 4) is 0 Å². The van der Waals surface area contributed by atoms with Crippen LogP contribution in [0.1, 0.15) is 22.8 Å². The van der Waals surface area contributed by atoms with Crippen molar-refractivity contribution in [2.75, 3.05) is 19.8 Å². The van der Waals surface area contributed by atoms with Gasteiger partial charge < -0.3 is 14.7 Å². The summed E-state index contributed by atoms with van der Waals surface area (Å²) in [6.07, 6.45) is -0.386. The van der Waals surface area contributed by atoms with Crippen LogP contribution in [-0.2, 0) is 4.74 Å². The monoisotopic (exact) mass is 294 g/mol. The molecular weight excluding hydrogens is 276 g/mol. The number of aryl methyl sites for hydroxylation is 1. The number of hydrogen-bond donors (Lipinski definition) is 1. The molecule has 2 atom stereocenters. The Bertz CT molecular complexity index is 560. The van der Waals surface area contributed by atoms with Gasteiger partial charge in [0.05, 0.1) is 30.3 Å². The van der Waals surface area contributed by atoms with Crippen LogP contribution in [0.2, 0.25) is 0 Å². The minimum absolute atomic E-state index is 0.0349. The molecule has 1 fully saturated rings. The summed E-state index contributed by atoms with van der Waals surface area (Å²) in [7, 11) is 0. The molecule has 1 N–H and O–H groups in total. The molecule has 1 aromatic rings. The summed E-state index contributed by atoms with van der Waals surface area (Å²) in [5, 5.41) is 19.9. The first kappa shape index (κ1) is 15.4. The lowest BCUT2D eigenvalue weighted by Gasteiger charge is -2.37. The fraction of sp³-hybridized carbons (Fsp3) is 0.500. The number of amides is 1. The number of nitro benzene ring substituents is 1. The number of rotatable bonds is 3. The highest BCUT2D eigenvalue weighted by atomic mass is 16.6. The molecule has 1 aromatic carbocycles. The first-order valence-electron chi connectivity index (χ1n) is 6.72. The number of aliphatic hydroxyl groups is 1. The van der Waals surface area contributed by atoms with Gasteiger partial charge in [0.2, 0.25) is 0 Å². The minimum Gasteiger partial charge on any atom is -0.394 e. The van der Waals surface area contributed by atoms with Gasteiger partial charge in [-0.1, -0.05) is 0 Å². The quantitative estimate of drug-likeness (QED) is 0.666. The number of carbonyl (C=O) groups excluding carboxylic acids is 1. The third kappa shape index (κ3) is 3.20. The van der Waals surface area contributed by atoms with E-state index in [0.717, 1.165) is 0 Å². The van der Waals surface area contributed by atoms with Gasteiger partial charge in [-0.15, -0.1) is 0 Å².